The van der Waals surface area contributed by atoms with E-state index < -0.39 is 22.1 Å². The minimum absolute atomic E-state index is 0.0119. The lowest BCUT2D eigenvalue weighted by molar-refractivity contribution is -0.274. The van der Waals surface area contributed by atoms with Crippen LogP contribution in [0.4, 0.5) is 13.2 Å². The Kier molecular flexibility index (Phi) is 5.68. The van der Waals surface area contributed by atoms with Gasteiger partial charge in [-0.05, 0) is 36.4 Å². The number of ether oxygens (including phenoxy) is 2. The summed E-state index contributed by atoms with van der Waals surface area (Å²) in [6, 6.07) is 12.8. The van der Waals surface area contributed by atoms with Crippen molar-refractivity contribution in [2.75, 3.05) is 13.2 Å². The van der Waals surface area contributed by atoms with E-state index in [1.54, 1.807) is 24.3 Å². The Balaban J connectivity index is 1.88. The Bertz CT molecular complexity index is 747. The molecule has 0 aliphatic rings. The maximum Gasteiger partial charge on any atom is 0.573 e. The molecule has 0 saturated heterocycles. The maximum absolute atomic E-state index is 12.1. The van der Waals surface area contributed by atoms with Gasteiger partial charge in [-0.1, -0.05) is 18.2 Å². The molecular weight excluding hydrogens is 347 g/mol. The summed E-state index contributed by atoms with van der Waals surface area (Å²) in [5.41, 5.74) is 0. The van der Waals surface area contributed by atoms with Crippen LogP contribution < -0.4 is 14.2 Å². The van der Waals surface area contributed by atoms with Gasteiger partial charge < -0.3 is 9.47 Å². The van der Waals surface area contributed by atoms with Crippen molar-refractivity contribution in [3.63, 3.8) is 0 Å². The van der Waals surface area contributed by atoms with Crippen LogP contribution in [0.5, 0.6) is 11.5 Å². The van der Waals surface area contributed by atoms with Gasteiger partial charge in [0.05, 0.1) is 4.90 Å². The van der Waals surface area contributed by atoms with E-state index in [0.29, 0.717) is 5.75 Å². The van der Waals surface area contributed by atoms with Gasteiger partial charge in [0.25, 0.3) is 0 Å². The van der Waals surface area contributed by atoms with Crippen LogP contribution in [0.1, 0.15) is 0 Å². The Labute approximate surface area is 137 Å². The highest BCUT2D eigenvalue weighted by Crippen LogP contribution is 2.23. The normalized spacial score (nSPS) is 12.0. The average molecular weight is 361 g/mol. The summed E-state index contributed by atoms with van der Waals surface area (Å²) in [7, 11) is -3.84. The number of nitrogens with one attached hydrogen (secondary N) is 1. The molecule has 0 aliphatic carbocycles. The monoisotopic (exact) mass is 361 g/mol. The summed E-state index contributed by atoms with van der Waals surface area (Å²) in [5, 5.41) is 0. The lowest BCUT2D eigenvalue weighted by atomic mass is 10.3. The number of rotatable bonds is 7. The number of benzene rings is 2. The van der Waals surface area contributed by atoms with E-state index in [9.17, 15) is 21.6 Å². The van der Waals surface area contributed by atoms with Crippen LogP contribution >= 0.6 is 0 Å². The van der Waals surface area contributed by atoms with Gasteiger partial charge in [0.2, 0.25) is 10.0 Å². The number of hydrogen-bond acceptors (Lipinski definition) is 4. The first-order chi connectivity index (χ1) is 11.3. The van der Waals surface area contributed by atoms with Crippen LogP contribution in [0.2, 0.25) is 0 Å². The quantitative estimate of drug-likeness (QED) is 0.770. The molecule has 2 rings (SSSR count). The molecule has 2 aromatic carbocycles. The van der Waals surface area contributed by atoms with Crippen LogP contribution in [0, 0.1) is 0 Å². The zero-order chi connectivity index (χ0) is 17.6. The molecule has 0 atom stereocenters. The Morgan fingerprint density at radius 3 is 2.12 bits per heavy atom. The van der Waals surface area contributed by atoms with Gasteiger partial charge in [0.1, 0.15) is 18.1 Å². The standard InChI is InChI=1S/C15H14F3NO4S/c16-15(17,18)23-13-6-8-14(9-7-13)24(20,21)19-10-11-22-12-4-2-1-3-5-12/h1-9,19H,10-11H2. The van der Waals surface area contributed by atoms with E-state index in [1.807, 2.05) is 6.07 Å². The summed E-state index contributed by atoms with van der Waals surface area (Å²) in [6.07, 6.45) is -4.83. The lowest BCUT2D eigenvalue weighted by Crippen LogP contribution is -2.28. The summed E-state index contributed by atoms with van der Waals surface area (Å²) in [6.45, 7) is 0.122. The molecule has 1 N–H and O–H groups in total. The van der Waals surface area contributed by atoms with E-state index in [4.69, 9.17) is 4.74 Å². The van der Waals surface area contributed by atoms with Crippen LogP contribution in [-0.2, 0) is 10.0 Å². The fraction of sp³-hybridized carbons (Fsp3) is 0.200. The Morgan fingerprint density at radius 2 is 1.54 bits per heavy atom. The van der Waals surface area contributed by atoms with Crippen LogP contribution in [0.25, 0.3) is 0 Å². The zero-order valence-electron chi connectivity index (χ0n) is 12.3. The molecule has 24 heavy (non-hydrogen) atoms. The SMILES string of the molecule is O=S(=O)(NCCOc1ccccc1)c1ccc(OC(F)(F)F)cc1. The van der Waals surface area contributed by atoms with Crippen molar-refractivity contribution in [1.82, 2.24) is 4.72 Å². The molecule has 2 aromatic rings. The molecule has 0 aliphatic heterocycles. The molecule has 0 aromatic heterocycles. The second kappa shape index (κ2) is 7.54. The largest absolute Gasteiger partial charge is 0.573 e. The fourth-order valence-corrected chi connectivity index (χ4v) is 2.78. The number of para-hydroxylation sites is 1. The highest BCUT2D eigenvalue weighted by molar-refractivity contribution is 7.89. The second-order valence-electron chi connectivity index (χ2n) is 4.58. The van der Waals surface area contributed by atoms with Gasteiger partial charge in [-0.2, -0.15) is 0 Å². The first-order valence-electron chi connectivity index (χ1n) is 6.80. The molecule has 0 heterocycles. The molecule has 0 amide bonds. The minimum Gasteiger partial charge on any atom is -0.492 e. The van der Waals surface area contributed by atoms with E-state index in [0.717, 1.165) is 24.3 Å². The number of halogens is 3. The summed E-state index contributed by atoms with van der Waals surface area (Å²) < 4.78 is 71.5. The third-order valence-corrected chi connectivity index (χ3v) is 4.25. The number of alkyl halides is 3. The molecule has 0 saturated carbocycles. The van der Waals surface area contributed by atoms with E-state index in [2.05, 4.69) is 9.46 Å². The van der Waals surface area contributed by atoms with Crippen molar-refractivity contribution in [3.05, 3.63) is 54.6 Å². The van der Waals surface area contributed by atoms with Crippen molar-refractivity contribution in [2.45, 2.75) is 11.3 Å². The molecule has 9 heteroatoms. The van der Waals surface area contributed by atoms with Gasteiger partial charge in [-0.15, -0.1) is 13.2 Å². The van der Waals surface area contributed by atoms with Gasteiger partial charge in [-0.25, -0.2) is 13.1 Å². The molecular formula is C15H14F3NO4S. The fourth-order valence-electron chi connectivity index (χ4n) is 1.77. The number of sulfonamides is 1. The average Bonchev–Trinajstić information content (AvgIpc) is 2.52. The molecule has 0 spiro atoms. The van der Waals surface area contributed by atoms with Crippen molar-refractivity contribution in [2.24, 2.45) is 0 Å². The van der Waals surface area contributed by atoms with Gasteiger partial charge in [0.15, 0.2) is 0 Å². The summed E-state index contributed by atoms with van der Waals surface area (Å²) >= 11 is 0. The molecule has 0 fully saturated rings. The predicted octanol–water partition coefficient (Wildman–Crippen LogP) is 2.94. The molecule has 5 nitrogen and oxygen atoms in total. The number of hydrogen-bond donors (Lipinski definition) is 1. The third-order valence-electron chi connectivity index (χ3n) is 2.77. The smallest absolute Gasteiger partial charge is 0.492 e. The topological polar surface area (TPSA) is 64.6 Å². The maximum atomic E-state index is 12.1. The third kappa shape index (κ3) is 5.74. The van der Waals surface area contributed by atoms with Crippen molar-refractivity contribution in [1.29, 1.82) is 0 Å². The van der Waals surface area contributed by atoms with E-state index in [-0.39, 0.29) is 18.0 Å². The van der Waals surface area contributed by atoms with E-state index >= 15 is 0 Å². The van der Waals surface area contributed by atoms with Gasteiger partial charge in [0, 0.05) is 6.54 Å². The van der Waals surface area contributed by atoms with Crippen molar-refractivity contribution in [3.8, 4) is 11.5 Å². The Hall–Kier alpha value is -2.26. The predicted molar refractivity (Wildman–Crippen MR) is 80.3 cm³/mol. The molecule has 0 bridgehead atoms. The highest BCUT2D eigenvalue weighted by atomic mass is 32.2. The second-order valence-corrected chi connectivity index (χ2v) is 6.35. The van der Waals surface area contributed by atoms with Crippen molar-refractivity contribution >= 4 is 10.0 Å². The first-order valence-corrected chi connectivity index (χ1v) is 8.28. The van der Waals surface area contributed by atoms with E-state index in [1.165, 1.54) is 0 Å². The lowest BCUT2D eigenvalue weighted by Gasteiger charge is -2.10. The van der Waals surface area contributed by atoms with Gasteiger partial charge in [-0.3, -0.25) is 0 Å². The highest BCUT2D eigenvalue weighted by Gasteiger charge is 2.31. The summed E-state index contributed by atoms with van der Waals surface area (Å²) in [4.78, 5) is -0.170. The van der Waals surface area contributed by atoms with Crippen LogP contribution in [0.15, 0.2) is 59.5 Å². The molecule has 0 radical (unpaired) electrons. The van der Waals surface area contributed by atoms with Gasteiger partial charge >= 0.3 is 6.36 Å². The minimum atomic E-state index is -4.83. The Morgan fingerprint density at radius 1 is 0.917 bits per heavy atom. The molecule has 130 valence electrons. The molecule has 0 unspecified atom stereocenters. The first kappa shape index (κ1) is 18.1. The zero-order valence-corrected chi connectivity index (χ0v) is 13.1. The van der Waals surface area contributed by atoms with Crippen LogP contribution in [-0.4, -0.2) is 27.9 Å². The van der Waals surface area contributed by atoms with Crippen LogP contribution in [0.3, 0.4) is 0 Å². The summed E-state index contributed by atoms with van der Waals surface area (Å²) in [5.74, 6) is 0.110. The van der Waals surface area contributed by atoms with Crippen molar-refractivity contribution < 1.29 is 31.1 Å².